The molecule has 0 saturated carbocycles. The van der Waals surface area contributed by atoms with Gasteiger partial charge in [-0.1, -0.05) is 30.3 Å². The van der Waals surface area contributed by atoms with Crippen molar-refractivity contribution in [3.8, 4) is 0 Å². The van der Waals surface area contributed by atoms with E-state index in [-0.39, 0.29) is 19.1 Å². The Hall–Kier alpha value is -1.88. The van der Waals surface area contributed by atoms with E-state index in [2.05, 4.69) is 0 Å². The third kappa shape index (κ3) is 6.01. The first-order valence-corrected chi connectivity index (χ1v) is 6.14. The molecule has 0 N–H and O–H groups in total. The van der Waals surface area contributed by atoms with Crippen LogP contribution in [-0.2, 0) is 25.7 Å². The molecular weight excluding hydrogens is 246 g/mol. The first-order valence-electron chi connectivity index (χ1n) is 6.14. The molecule has 0 atom stereocenters. The van der Waals surface area contributed by atoms with Crippen LogP contribution in [0.15, 0.2) is 30.3 Å². The van der Waals surface area contributed by atoms with Gasteiger partial charge in [0.1, 0.15) is 13.2 Å². The summed E-state index contributed by atoms with van der Waals surface area (Å²) in [4.78, 5) is 24.2. The van der Waals surface area contributed by atoms with Gasteiger partial charge in [0.15, 0.2) is 0 Å². The van der Waals surface area contributed by atoms with Crippen LogP contribution in [0.2, 0.25) is 0 Å². The predicted octanol–water partition coefficient (Wildman–Crippen LogP) is 1.22. The fourth-order valence-electron chi connectivity index (χ4n) is 1.43. The average molecular weight is 265 g/mol. The highest BCUT2D eigenvalue weighted by molar-refractivity contribution is 5.82. The Bertz CT molecular complexity index is 405. The summed E-state index contributed by atoms with van der Waals surface area (Å²) in [5, 5.41) is 0. The SMILES string of the molecule is CCOC(=O)CN(C)C(=O)COCc1ccccc1. The molecule has 0 aliphatic rings. The predicted molar refractivity (Wildman–Crippen MR) is 70.4 cm³/mol. The summed E-state index contributed by atoms with van der Waals surface area (Å²) < 4.78 is 10.1. The maximum Gasteiger partial charge on any atom is 0.325 e. The van der Waals surface area contributed by atoms with Crippen molar-refractivity contribution in [1.82, 2.24) is 4.90 Å². The number of esters is 1. The zero-order valence-corrected chi connectivity index (χ0v) is 11.3. The van der Waals surface area contributed by atoms with Gasteiger partial charge in [-0.15, -0.1) is 0 Å². The number of carbonyl (C=O) groups excluding carboxylic acids is 2. The van der Waals surface area contributed by atoms with Crippen LogP contribution in [0.5, 0.6) is 0 Å². The molecule has 1 aromatic carbocycles. The Labute approximate surface area is 113 Å². The second-order valence-corrected chi connectivity index (χ2v) is 4.03. The van der Waals surface area contributed by atoms with Crippen LogP contribution < -0.4 is 0 Å². The molecule has 1 aromatic rings. The third-order valence-electron chi connectivity index (χ3n) is 2.43. The second-order valence-electron chi connectivity index (χ2n) is 4.03. The first-order chi connectivity index (χ1) is 9.13. The van der Waals surface area contributed by atoms with Crippen molar-refractivity contribution in [2.24, 2.45) is 0 Å². The molecule has 1 rings (SSSR count). The molecule has 19 heavy (non-hydrogen) atoms. The molecule has 0 saturated heterocycles. The average Bonchev–Trinajstić information content (AvgIpc) is 2.40. The molecule has 0 bridgehead atoms. The van der Waals surface area contributed by atoms with Gasteiger partial charge in [-0.25, -0.2) is 0 Å². The minimum absolute atomic E-state index is 0.0508. The van der Waals surface area contributed by atoms with E-state index < -0.39 is 5.97 Å². The molecule has 0 aliphatic heterocycles. The smallest absolute Gasteiger partial charge is 0.325 e. The number of likely N-dealkylation sites (N-methyl/N-ethyl adjacent to an activating group) is 1. The minimum atomic E-state index is -0.415. The molecule has 0 fully saturated rings. The molecule has 0 radical (unpaired) electrons. The lowest BCUT2D eigenvalue weighted by molar-refractivity contribution is -0.149. The maximum atomic E-state index is 11.7. The lowest BCUT2D eigenvalue weighted by Crippen LogP contribution is -2.35. The molecule has 0 unspecified atom stereocenters. The van der Waals surface area contributed by atoms with Crippen molar-refractivity contribution in [2.45, 2.75) is 13.5 Å². The molecule has 1 amide bonds. The van der Waals surface area contributed by atoms with E-state index in [0.29, 0.717) is 13.2 Å². The zero-order chi connectivity index (χ0) is 14.1. The van der Waals surface area contributed by atoms with Gasteiger partial charge in [-0.05, 0) is 12.5 Å². The van der Waals surface area contributed by atoms with Crippen LogP contribution >= 0.6 is 0 Å². The van der Waals surface area contributed by atoms with E-state index >= 15 is 0 Å². The van der Waals surface area contributed by atoms with Gasteiger partial charge in [0, 0.05) is 7.05 Å². The van der Waals surface area contributed by atoms with E-state index in [4.69, 9.17) is 9.47 Å². The Balaban J connectivity index is 2.25. The fourth-order valence-corrected chi connectivity index (χ4v) is 1.43. The topological polar surface area (TPSA) is 55.8 Å². The van der Waals surface area contributed by atoms with E-state index in [1.807, 2.05) is 30.3 Å². The van der Waals surface area contributed by atoms with E-state index in [1.54, 1.807) is 14.0 Å². The number of carbonyl (C=O) groups is 2. The van der Waals surface area contributed by atoms with E-state index in [1.165, 1.54) is 4.90 Å². The Morgan fingerprint density at radius 3 is 2.53 bits per heavy atom. The summed E-state index contributed by atoms with van der Waals surface area (Å²) in [6, 6.07) is 9.59. The third-order valence-corrected chi connectivity index (χ3v) is 2.43. The molecular formula is C14H19NO4. The normalized spacial score (nSPS) is 10.0. The highest BCUT2D eigenvalue weighted by Gasteiger charge is 2.13. The van der Waals surface area contributed by atoms with Crippen LogP contribution in [0, 0.1) is 0 Å². The standard InChI is InChI=1S/C14H19NO4/c1-3-19-14(17)9-15(2)13(16)11-18-10-12-7-5-4-6-8-12/h4-8H,3,9-11H2,1-2H3. The van der Waals surface area contributed by atoms with Crippen molar-refractivity contribution in [1.29, 1.82) is 0 Å². The quantitative estimate of drug-likeness (QED) is 0.696. The fraction of sp³-hybridized carbons (Fsp3) is 0.429. The number of rotatable bonds is 7. The van der Waals surface area contributed by atoms with Gasteiger partial charge in [0.2, 0.25) is 5.91 Å². The zero-order valence-electron chi connectivity index (χ0n) is 11.3. The number of hydrogen-bond donors (Lipinski definition) is 0. The van der Waals surface area contributed by atoms with Crippen LogP contribution in [-0.4, -0.2) is 43.6 Å². The van der Waals surface area contributed by atoms with Gasteiger partial charge in [0.25, 0.3) is 0 Å². The molecule has 0 aromatic heterocycles. The molecule has 0 spiro atoms. The first kappa shape index (κ1) is 15.2. The van der Waals surface area contributed by atoms with Crippen LogP contribution in [0.25, 0.3) is 0 Å². The lowest BCUT2D eigenvalue weighted by Gasteiger charge is -2.16. The summed E-state index contributed by atoms with van der Waals surface area (Å²) >= 11 is 0. The number of hydrogen-bond acceptors (Lipinski definition) is 4. The summed E-state index contributed by atoms with van der Waals surface area (Å²) in [6.07, 6.45) is 0. The number of amides is 1. The monoisotopic (exact) mass is 265 g/mol. The Morgan fingerprint density at radius 2 is 1.89 bits per heavy atom. The molecule has 0 aliphatic carbocycles. The number of nitrogens with zero attached hydrogens (tertiary/aromatic N) is 1. The van der Waals surface area contributed by atoms with Gasteiger partial charge >= 0.3 is 5.97 Å². The summed E-state index contributed by atoms with van der Waals surface area (Å²) in [5.74, 6) is -0.662. The lowest BCUT2D eigenvalue weighted by atomic mass is 10.2. The van der Waals surface area contributed by atoms with Crippen molar-refractivity contribution >= 4 is 11.9 Å². The van der Waals surface area contributed by atoms with Gasteiger partial charge in [-0.2, -0.15) is 0 Å². The molecule has 104 valence electrons. The number of ether oxygens (including phenoxy) is 2. The molecule has 0 heterocycles. The second kappa shape index (κ2) is 8.26. The van der Waals surface area contributed by atoms with Gasteiger partial charge in [0.05, 0.1) is 13.2 Å². The van der Waals surface area contributed by atoms with Gasteiger partial charge in [-0.3, -0.25) is 9.59 Å². The Kier molecular flexibility index (Phi) is 6.60. The highest BCUT2D eigenvalue weighted by atomic mass is 16.5. The number of benzene rings is 1. The van der Waals surface area contributed by atoms with Crippen molar-refractivity contribution in [3.05, 3.63) is 35.9 Å². The van der Waals surface area contributed by atoms with Crippen molar-refractivity contribution < 1.29 is 19.1 Å². The summed E-state index contributed by atoms with van der Waals surface area (Å²) in [5.41, 5.74) is 1.00. The van der Waals surface area contributed by atoms with Crippen LogP contribution in [0.1, 0.15) is 12.5 Å². The molecule has 5 heteroatoms. The summed E-state index contributed by atoms with van der Waals surface area (Å²) in [6.45, 7) is 2.31. The largest absolute Gasteiger partial charge is 0.465 e. The van der Waals surface area contributed by atoms with Crippen LogP contribution in [0.4, 0.5) is 0 Å². The van der Waals surface area contributed by atoms with Crippen molar-refractivity contribution in [2.75, 3.05) is 26.8 Å². The maximum absolute atomic E-state index is 11.7. The van der Waals surface area contributed by atoms with E-state index in [0.717, 1.165) is 5.56 Å². The summed E-state index contributed by atoms with van der Waals surface area (Å²) in [7, 11) is 1.55. The van der Waals surface area contributed by atoms with Gasteiger partial charge < -0.3 is 14.4 Å². The van der Waals surface area contributed by atoms with Crippen molar-refractivity contribution in [3.63, 3.8) is 0 Å². The Morgan fingerprint density at radius 1 is 1.21 bits per heavy atom. The van der Waals surface area contributed by atoms with E-state index in [9.17, 15) is 9.59 Å². The van der Waals surface area contributed by atoms with Crippen LogP contribution in [0.3, 0.4) is 0 Å². The molecule has 5 nitrogen and oxygen atoms in total. The minimum Gasteiger partial charge on any atom is -0.465 e. The highest BCUT2D eigenvalue weighted by Crippen LogP contribution is 2.00.